The molecule has 0 aliphatic heterocycles. The molecule has 0 atom stereocenters. The van der Waals surface area contributed by atoms with Crippen LogP contribution in [0.1, 0.15) is 132 Å². The van der Waals surface area contributed by atoms with Crippen LogP contribution in [0, 0.1) is 11.7 Å². The first kappa shape index (κ1) is 32.8. The standard InChI is InChI=1S/C39H51FO3/c1-3-5-7-8-9-10-11-13-30-14-16-33(17-15-30)37-27-22-34(29-38(37)40)39(41)43-36-25-20-32(21-26-36)31-18-23-35(24-19-31)42-28-12-6-4-2/h18-27,29-30,33H,3-17,28H2,1-2H3. The highest BCUT2D eigenvalue weighted by Crippen LogP contribution is 2.39. The first-order valence-electron chi connectivity index (χ1n) is 16.9. The summed E-state index contributed by atoms with van der Waals surface area (Å²) in [5.74, 6) is 1.50. The van der Waals surface area contributed by atoms with Gasteiger partial charge in [-0.05, 0) is 97.0 Å². The molecule has 3 aromatic carbocycles. The number of ether oxygens (including phenoxy) is 2. The van der Waals surface area contributed by atoms with Crippen LogP contribution in [0.5, 0.6) is 11.5 Å². The summed E-state index contributed by atoms with van der Waals surface area (Å²) in [5, 5.41) is 0. The third-order valence-corrected chi connectivity index (χ3v) is 9.01. The molecule has 0 saturated heterocycles. The second kappa shape index (κ2) is 17.9. The van der Waals surface area contributed by atoms with E-state index in [1.165, 1.54) is 83.1 Å². The summed E-state index contributed by atoms with van der Waals surface area (Å²) in [7, 11) is 0. The lowest BCUT2D eigenvalue weighted by Gasteiger charge is -2.29. The van der Waals surface area contributed by atoms with E-state index in [9.17, 15) is 4.79 Å². The number of hydrogen-bond acceptors (Lipinski definition) is 3. The van der Waals surface area contributed by atoms with Crippen LogP contribution in [0.3, 0.4) is 0 Å². The van der Waals surface area contributed by atoms with Gasteiger partial charge in [0.2, 0.25) is 0 Å². The molecule has 0 radical (unpaired) electrons. The third-order valence-electron chi connectivity index (χ3n) is 9.01. The Bertz CT molecular complexity index is 1230. The number of hydrogen-bond donors (Lipinski definition) is 0. The molecule has 0 unspecified atom stereocenters. The van der Waals surface area contributed by atoms with Gasteiger partial charge in [-0.15, -0.1) is 0 Å². The average molecular weight is 587 g/mol. The molecule has 232 valence electrons. The predicted octanol–water partition coefficient (Wildman–Crippen LogP) is 11.7. The predicted molar refractivity (Wildman–Crippen MR) is 176 cm³/mol. The molecular formula is C39H51FO3. The molecule has 3 aromatic rings. The van der Waals surface area contributed by atoms with Crippen LogP contribution in [-0.2, 0) is 0 Å². The molecule has 0 heterocycles. The van der Waals surface area contributed by atoms with Crippen molar-refractivity contribution >= 4 is 5.97 Å². The Labute approximate surface area is 259 Å². The summed E-state index contributed by atoms with van der Waals surface area (Å²) < 4.78 is 26.5. The minimum atomic E-state index is -0.541. The van der Waals surface area contributed by atoms with Crippen LogP contribution in [-0.4, -0.2) is 12.6 Å². The molecule has 0 N–H and O–H groups in total. The van der Waals surface area contributed by atoms with Gasteiger partial charge in [0.25, 0.3) is 0 Å². The zero-order valence-electron chi connectivity index (χ0n) is 26.4. The fraction of sp³-hybridized carbons (Fsp3) is 0.513. The van der Waals surface area contributed by atoms with E-state index < -0.39 is 5.97 Å². The Balaban J connectivity index is 1.22. The number of halogens is 1. The summed E-state index contributed by atoms with van der Waals surface area (Å²) in [6, 6.07) is 20.3. The molecule has 1 fully saturated rings. The first-order chi connectivity index (χ1) is 21.1. The first-order valence-corrected chi connectivity index (χ1v) is 16.9. The molecule has 0 bridgehead atoms. The Morgan fingerprint density at radius 3 is 1.91 bits per heavy atom. The van der Waals surface area contributed by atoms with E-state index in [0.717, 1.165) is 54.2 Å². The van der Waals surface area contributed by atoms with Gasteiger partial charge in [-0.25, -0.2) is 9.18 Å². The smallest absolute Gasteiger partial charge is 0.343 e. The number of carbonyl (C=O) groups excluding carboxylic acids is 1. The van der Waals surface area contributed by atoms with Crippen molar-refractivity contribution in [3.63, 3.8) is 0 Å². The quantitative estimate of drug-likeness (QED) is 0.0896. The molecule has 43 heavy (non-hydrogen) atoms. The van der Waals surface area contributed by atoms with Crippen molar-refractivity contribution in [2.24, 2.45) is 5.92 Å². The highest BCUT2D eigenvalue weighted by molar-refractivity contribution is 5.91. The van der Waals surface area contributed by atoms with Gasteiger partial charge in [0.05, 0.1) is 12.2 Å². The maximum Gasteiger partial charge on any atom is 0.343 e. The van der Waals surface area contributed by atoms with E-state index in [4.69, 9.17) is 9.47 Å². The van der Waals surface area contributed by atoms with Gasteiger partial charge in [-0.3, -0.25) is 0 Å². The maximum absolute atomic E-state index is 15.2. The number of esters is 1. The average Bonchev–Trinajstić information content (AvgIpc) is 3.04. The summed E-state index contributed by atoms with van der Waals surface area (Å²) in [4.78, 5) is 12.8. The monoisotopic (exact) mass is 586 g/mol. The molecule has 1 saturated carbocycles. The maximum atomic E-state index is 15.2. The van der Waals surface area contributed by atoms with E-state index in [1.54, 1.807) is 24.3 Å². The highest BCUT2D eigenvalue weighted by Gasteiger charge is 2.25. The Morgan fingerprint density at radius 1 is 0.698 bits per heavy atom. The normalized spacial score (nSPS) is 16.6. The van der Waals surface area contributed by atoms with E-state index >= 15 is 4.39 Å². The number of carbonyl (C=O) groups is 1. The van der Waals surface area contributed by atoms with Crippen molar-refractivity contribution in [2.75, 3.05) is 6.61 Å². The van der Waals surface area contributed by atoms with Crippen molar-refractivity contribution in [3.8, 4) is 22.6 Å². The Hall–Kier alpha value is -3.14. The van der Waals surface area contributed by atoms with E-state index in [-0.39, 0.29) is 17.3 Å². The lowest BCUT2D eigenvalue weighted by molar-refractivity contribution is 0.0734. The number of rotatable bonds is 17. The molecular weight excluding hydrogens is 535 g/mol. The summed E-state index contributed by atoms with van der Waals surface area (Å²) in [6.45, 7) is 5.18. The minimum absolute atomic E-state index is 0.240. The zero-order chi connectivity index (χ0) is 30.3. The van der Waals surface area contributed by atoms with E-state index in [2.05, 4.69) is 13.8 Å². The van der Waals surface area contributed by atoms with Crippen molar-refractivity contribution in [1.82, 2.24) is 0 Å². The summed E-state index contributed by atoms with van der Waals surface area (Å²) in [5.41, 5.74) is 3.06. The van der Waals surface area contributed by atoms with Crippen molar-refractivity contribution in [2.45, 2.75) is 116 Å². The molecule has 4 rings (SSSR count). The fourth-order valence-electron chi connectivity index (χ4n) is 6.30. The molecule has 0 aromatic heterocycles. The van der Waals surface area contributed by atoms with Gasteiger partial charge in [-0.1, -0.05) is 108 Å². The molecule has 3 nitrogen and oxygen atoms in total. The lowest BCUT2D eigenvalue weighted by Crippen LogP contribution is -2.15. The van der Waals surface area contributed by atoms with Gasteiger partial charge >= 0.3 is 5.97 Å². The van der Waals surface area contributed by atoms with Crippen LogP contribution in [0.15, 0.2) is 66.7 Å². The van der Waals surface area contributed by atoms with Crippen LogP contribution < -0.4 is 9.47 Å². The molecule has 1 aliphatic rings. The topological polar surface area (TPSA) is 35.5 Å². The van der Waals surface area contributed by atoms with E-state index in [1.807, 2.05) is 36.4 Å². The van der Waals surface area contributed by atoms with Crippen LogP contribution in [0.25, 0.3) is 11.1 Å². The van der Waals surface area contributed by atoms with Crippen molar-refractivity contribution in [1.29, 1.82) is 0 Å². The van der Waals surface area contributed by atoms with Crippen LogP contribution in [0.4, 0.5) is 4.39 Å². The van der Waals surface area contributed by atoms with Crippen LogP contribution in [0.2, 0.25) is 0 Å². The molecule has 1 aliphatic carbocycles. The third kappa shape index (κ3) is 10.5. The molecule has 0 spiro atoms. The SMILES string of the molecule is CCCCCCCCCC1CCC(c2ccc(C(=O)Oc3ccc(-c4ccc(OCCCCC)cc4)cc3)cc2F)CC1. The number of benzene rings is 3. The molecule has 0 amide bonds. The van der Waals surface area contributed by atoms with Crippen LogP contribution >= 0.6 is 0 Å². The van der Waals surface area contributed by atoms with Gasteiger partial charge in [0, 0.05) is 0 Å². The molecule has 4 heteroatoms. The minimum Gasteiger partial charge on any atom is -0.494 e. The van der Waals surface area contributed by atoms with Crippen molar-refractivity contribution < 1.29 is 18.7 Å². The Morgan fingerprint density at radius 2 is 1.28 bits per heavy atom. The second-order valence-corrected chi connectivity index (χ2v) is 12.4. The van der Waals surface area contributed by atoms with E-state index in [0.29, 0.717) is 5.75 Å². The fourth-order valence-corrected chi connectivity index (χ4v) is 6.30. The number of unbranched alkanes of at least 4 members (excludes halogenated alkanes) is 8. The van der Waals surface area contributed by atoms with Gasteiger partial charge in [-0.2, -0.15) is 0 Å². The summed E-state index contributed by atoms with van der Waals surface area (Å²) in [6.07, 6.45) is 18.6. The second-order valence-electron chi connectivity index (χ2n) is 12.4. The van der Waals surface area contributed by atoms with Gasteiger partial charge < -0.3 is 9.47 Å². The van der Waals surface area contributed by atoms with Gasteiger partial charge in [0.15, 0.2) is 0 Å². The Kier molecular flexibility index (Phi) is 13.6. The zero-order valence-corrected chi connectivity index (χ0v) is 26.4. The lowest BCUT2D eigenvalue weighted by atomic mass is 9.76. The highest BCUT2D eigenvalue weighted by atomic mass is 19.1. The summed E-state index contributed by atoms with van der Waals surface area (Å²) >= 11 is 0. The largest absolute Gasteiger partial charge is 0.494 e. The van der Waals surface area contributed by atoms with Crippen molar-refractivity contribution in [3.05, 3.63) is 83.7 Å². The van der Waals surface area contributed by atoms with Gasteiger partial charge in [0.1, 0.15) is 17.3 Å².